The Morgan fingerprint density at radius 3 is 2.21 bits per heavy atom. The summed E-state index contributed by atoms with van der Waals surface area (Å²) in [5.41, 5.74) is 4.52. The molecule has 0 saturated heterocycles. The van der Waals surface area contributed by atoms with Gasteiger partial charge in [0.05, 0.1) is 6.42 Å². The van der Waals surface area contributed by atoms with E-state index in [4.69, 9.17) is 0 Å². The number of carbonyl (C=O) groups excluding carboxylic acids is 2. The minimum atomic E-state index is -0.509. The van der Waals surface area contributed by atoms with Crippen LogP contribution in [0.4, 0.5) is 0 Å². The number of nitrogens with one attached hydrogen (secondary N) is 1. The van der Waals surface area contributed by atoms with Crippen LogP contribution in [-0.2, 0) is 22.4 Å². The van der Waals surface area contributed by atoms with Gasteiger partial charge in [0.15, 0.2) is 0 Å². The fourth-order valence-electron chi connectivity index (χ4n) is 3.16. The van der Waals surface area contributed by atoms with Gasteiger partial charge in [-0.2, -0.15) is 0 Å². The Bertz CT molecular complexity index is 800. The molecule has 0 saturated carbocycles. The van der Waals surface area contributed by atoms with Crippen molar-refractivity contribution in [2.45, 2.75) is 59.5 Å². The molecule has 2 aromatic rings. The Morgan fingerprint density at radius 1 is 0.929 bits per heavy atom. The molecule has 0 spiro atoms. The normalized spacial score (nSPS) is 11.9. The molecule has 0 aliphatic rings. The largest absolute Gasteiger partial charge is 0.352 e. The second-order valence-electron chi connectivity index (χ2n) is 7.76. The lowest BCUT2D eigenvalue weighted by Crippen LogP contribution is -2.50. The van der Waals surface area contributed by atoms with Crippen molar-refractivity contribution in [3.05, 3.63) is 70.8 Å². The number of nitrogens with zero attached hydrogens (tertiary/aromatic N) is 1. The van der Waals surface area contributed by atoms with Crippen LogP contribution in [-0.4, -0.2) is 35.3 Å². The predicted octanol–water partition coefficient (Wildman–Crippen LogP) is 3.83. The second kappa shape index (κ2) is 10.1. The molecule has 2 aromatic carbocycles. The molecule has 0 unspecified atom stereocenters. The van der Waals surface area contributed by atoms with Crippen molar-refractivity contribution in [2.24, 2.45) is 0 Å². The van der Waals surface area contributed by atoms with Crippen LogP contribution in [0.3, 0.4) is 0 Å². The topological polar surface area (TPSA) is 49.4 Å². The van der Waals surface area contributed by atoms with Crippen molar-refractivity contribution in [3.8, 4) is 0 Å². The summed E-state index contributed by atoms with van der Waals surface area (Å²) >= 11 is 0. The molecule has 4 nitrogen and oxygen atoms in total. The van der Waals surface area contributed by atoms with E-state index in [-0.39, 0.29) is 17.9 Å². The lowest BCUT2D eigenvalue weighted by atomic mass is 10.0. The molecule has 0 bridgehead atoms. The molecule has 0 aliphatic carbocycles. The van der Waals surface area contributed by atoms with E-state index >= 15 is 0 Å². The summed E-state index contributed by atoms with van der Waals surface area (Å²) in [5, 5.41) is 2.92. The first-order valence-corrected chi connectivity index (χ1v) is 9.98. The third-order valence-corrected chi connectivity index (χ3v) is 5.01. The highest BCUT2D eigenvalue weighted by molar-refractivity contribution is 5.88. The molecule has 150 valence electrons. The Balaban J connectivity index is 2.16. The standard InChI is InChI=1S/C24H32N2O2/c1-17(2)25-24(28)20(5)26(14-13-21-9-7-6-8-10-21)23(27)16-22-12-11-18(3)19(4)15-22/h6-12,15,17,20H,13-14,16H2,1-5H3,(H,25,28)/t20-/m0/s1. The fraction of sp³-hybridized carbons (Fsp3) is 0.417. The molecule has 0 aliphatic heterocycles. The van der Waals surface area contributed by atoms with Gasteiger partial charge in [0.25, 0.3) is 0 Å². The molecule has 4 heteroatoms. The molecular weight excluding hydrogens is 348 g/mol. The van der Waals surface area contributed by atoms with E-state index in [0.29, 0.717) is 13.0 Å². The summed E-state index contributed by atoms with van der Waals surface area (Å²) in [7, 11) is 0. The van der Waals surface area contributed by atoms with E-state index in [2.05, 4.69) is 25.2 Å². The van der Waals surface area contributed by atoms with Crippen LogP contribution >= 0.6 is 0 Å². The van der Waals surface area contributed by atoms with Gasteiger partial charge in [-0.05, 0) is 63.3 Å². The maximum atomic E-state index is 13.1. The summed E-state index contributed by atoms with van der Waals surface area (Å²) in [6.07, 6.45) is 1.02. The monoisotopic (exact) mass is 380 g/mol. The van der Waals surface area contributed by atoms with Gasteiger partial charge in [-0.25, -0.2) is 0 Å². The number of rotatable bonds is 8. The lowest BCUT2D eigenvalue weighted by Gasteiger charge is -2.29. The van der Waals surface area contributed by atoms with E-state index in [1.165, 1.54) is 11.1 Å². The molecule has 2 rings (SSSR count). The molecule has 1 N–H and O–H groups in total. The minimum absolute atomic E-state index is 0.0226. The number of hydrogen-bond donors (Lipinski definition) is 1. The van der Waals surface area contributed by atoms with Gasteiger partial charge < -0.3 is 10.2 Å². The first-order valence-electron chi connectivity index (χ1n) is 9.98. The average Bonchev–Trinajstić information content (AvgIpc) is 2.65. The zero-order valence-electron chi connectivity index (χ0n) is 17.7. The maximum Gasteiger partial charge on any atom is 0.242 e. The SMILES string of the molecule is Cc1ccc(CC(=O)N(CCc2ccccc2)[C@@H](C)C(=O)NC(C)C)cc1C. The van der Waals surface area contributed by atoms with Gasteiger partial charge >= 0.3 is 0 Å². The van der Waals surface area contributed by atoms with Crippen molar-refractivity contribution in [1.29, 1.82) is 0 Å². The van der Waals surface area contributed by atoms with Crippen LogP contribution in [0.2, 0.25) is 0 Å². The highest BCUT2D eigenvalue weighted by Crippen LogP contribution is 2.13. The Kier molecular flexibility index (Phi) is 7.80. The first-order chi connectivity index (χ1) is 13.3. The van der Waals surface area contributed by atoms with Crippen molar-refractivity contribution in [1.82, 2.24) is 10.2 Å². The quantitative estimate of drug-likeness (QED) is 0.757. The number of carbonyl (C=O) groups is 2. The Labute approximate surface area is 169 Å². The second-order valence-corrected chi connectivity index (χ2v) is 7.76. The lowest BCUT2D eigenvalue weighted by molar-refractivity contribution is -0.139. The highest BCUT2D eigenvalue weighted by atomic mass is 16.2. The zero-order chi connectivity index (χ0) is 20.7. The van der Waals surface area contributed by atoms with Crippen LogP contribution in [0, 0.1) is 13.8 Å². The van der Waals surface area contributed by atoms with Crippen LogP contribution in [0.1, 0.15) is 43.0 Å². The molecule has 2 amide bonds. The van der Waals surface area contributed by atoms with Gasteiger partial charge in [-0.3, -0.25) is 9.59 Å². The smallest absolute Gasteiger partial charge is 0.242 e. The van der Waals surface area contributed by atoms with Crippen LogP contribution in [0.25, 0.3) is 0 Å². The fourth-order valence-corrected chi connectivity index (χ4v) is 3.16. The summed E-state index contributed by atoms with van der Waals surface area (Å²) in [5.74, 6) is -0.137. The molecule has 1 atom stereocenters. The third-order valence-electron chi connectivity index (χ3n) is 5.01. The van der Waals surface area contributed by atoms with E-state index < -0.39 is 6.04 Å². The third kappa shape index (κ3) is 6.22. The molecule has 0 heterocycles. The number of benzene rings is 2. The summed E-state index contributed by atoms with van der Waals surface area (Å²) in [4.78, 5) is 27.4. The predicted molar refractivity (Wildman–Crippen MR) is 114 cm³/mol. The minimum Gasteiger partial charge on any atom is -0.352 e. The highest BCUT2D eigenvalue weighted by Gasteiger charge is 2.26. The summed E-state index contributed by atoms with van der Waals surface area (Å²) in [6.45, 7) is 10.3. The van der Waals surface area contributed by atoms with Crippen molar-refractivity contribution in [3.63, 3.8) is 0 Å². The zero-order valence-corrected chi connectivity index (χ0v) is 17.7. The van der Waals surface area contributed by atoms with Gasteiger partial charge in [0.2, 0.25) is 11.8 Å². The van der Waals surface area contributed by atoms with Gasteiger partial charge in [0.1, 0.15) is 6.04 Å². The number of hydrogen-bond acceptors (Lipinski definition) is 2. The van der Waals surface area contributed by atoms with Gasteiger partial charge in [-0.1, -0.05) is 48.5 Å². The van der Waals surface area contributed by atoms with Crippen molar-refractivity contribution >= 4 is 11.8 Å². The molecular formula is C24H32N2O2. The average molecular weight is 381 g/mol. The van der Waals surface area contributed by atoms with Crippen LogP contribution < -0.4 is 5.32 Å². The Morgan fingerprint density at radius 2 is 1.61 bits per heavy atom. The number of amides is 2. The van der Waals surface area contributed by atoms with E-state index in [9.17, 15) is 9.59 Å². The van der Waals surface area contributed by atoms with Gasteiger partial charge in [-0.15, -0.1) is 0 Å². The number of aryl methyl sites for hydroxylation is 2. The molecule has 0 aromatic heterocycles. The summed E-state index contributed by atoms with van der Waals surface area (Å²) in [6, 6.07) is 15.7. The van der Waals surface area contributed by atoms with E-state index in [0.717, 1.165) is 17.5 Å². The molecule has 28 heavy (non-hydrogen) atoms. The van der Waals surface area contributed by atoms with Crippen molar-refractivity contribution < 1.29 is 9.59 Å². The van der Waals surface area contributed by atoms with Gasteiger partial charge in [0, 0.05) is 12.6 Å². The molecule has 0 fully saturated rings. The Hall–Kier alpha value is -2.62. The van der Waals surface area contributed by atoms with Crippen molar-refractivity contribution in [2.75, 3.05) is 6.54 Å². The first kappa shape index (κ1) is 21.7. The van der Waals surface area contributed by atoms with Crippen LogP contribution in [0.15, 0.2) is 48.5 Å². The molecule has 0 radical (unpaired) electrons. The van der Waals surface area contributed by atoms with E-state index in [1.807, 2.05) is 56.3 Å². The van der Waals surface area contributed by atoms with E-state index in [1.54, 1.807) is 11.8 Å². The van der Waals surface area contributed by atoms with Crippen LogP contribution in [0.5, 0.6) is 0 Å². The summed E-state index contributed by atoms with van der Waals surface area (Å²) < 4.78 is 0. The maximum absolute atomic E-state index is 13.1.